The van der Waals surface area contributed by atoms with E-state index in [0.717, 1.165) is 59.8 Å². The van der Waals surface area contributed by atoms with E-state index >= 15 is 0 Å². The largest absolute Gasteiger partial charge is 0.471 e. The SMILES string of the molecule is COCCc1cc(-c2noc(C(F)(F)F)n2)cnc1CN1CCC(c2cccc3c2OC(C)(c2ccc(Cl)cc2)O3)CC1. The molecule has 1 unspecified atom stereocenters. The number of hydrogen-bond donors (Lipinski definition) is 0. The van der Waals surface area contributed by atoms with Gasteiger partial charge in [-0.05, 0) is 80.2 Å². The zero-order valence-corrected chi connectivity index (χ0v) is 24.4. The molecule has 43 heavy (non-hydrogen) atoms. The Morgan fingerprint density at radius 1 is 1.09 bits per heavy atom. The van der Waals surface area contributed by atoms with Gasteiger partial charge in [0.15, 0.2) is 11.5 Å². The van der Waals surface area contributed by atoms with Crippen LogP contribution in [-0.2, 0) is 29.7 Å². The zero-order valence-electron chi connectivity index (χ0n) is 23.7. The Morgan fingerprint density at radius 2 is 1.86 bits per heavy atom. The highest BCUT2D eigenvalue weighted by molar-refractivity contribution is 6.30. The topological polar surface area (TPSA) is 82.7 Å². The predicted octanol–water partition coefficient (Wildman–Crippen LogP) is 7.02. The lowest BCUT2D eigenvalue weighted by Gasteiger charge is -2.33. The summed E-state index contributed by atoms with van der Waals surface area (Å²) in [5.74, 6) is -0.661. The molecule has 1 fully saturated rings. The fourth-order valence-corrected chi connectivity index (χ4v) is 5.77. The number of alkyl halides is 3. The molecular formula is C31H30ClF3N4O4. The molecule has 8 nitrogen and oxygen atoms in total. The fraction of sp³-hybridized carbons (Fsp3) is 0.387. The van der Waals surface area contributed by atoms with Gasteiger partial charge in [-0.15, -0.1) is 0 Å². The Labute approximate surface area is 251 Å². The first-order valence-corrected chi connectivity index (χ1v) is 14.4. The van der Waals surface area contributed by atoms with Gasteiger partial charge >= 0.3 is 12.1 Å². The molecule has 0 amide bonds. The molecule has 6 rings (SSSR count). The third-order valence-electron chi connectivity index (χ3n) is 7.94. The van der Waals surface area contributed by atoms with Gasteiger partial charge in [-0.25, -0.2) is 0 Å². The van der Waals surface area contributed by atoms with Crippen LogP contribution in [0.25, 0.3) is 11.4 Å². The maximum absolute atomic E-state index is 13.0. The number of rotatable bonds is 8. The Kier molecular flexibility index (Phi) is 8.06. The summed E-state index contributed by atoms with van der Waals surface area (Å²) in [4.78, 5) is 10.4. The van der Waals surface area contributed by atoms with E-state index in [0.29, 0.717) is 36.1 Å². The Balaban J connectivity index is 1.14. The fourth-order valence-electron chi connectivity index (χ4n) is 5.64. The monoisotopic (exact) mass is 614 g/mol. The van der Waals surface area contributed by atoms with Crippen molar-refractivity contribution in [3.63, 3.8) is 0 Å². The number of nitrogens with zero attached hydrogens (tertiary/aromatic N) is 4. The van der Waals surface area contributed by atoms with E-state index in [1.165, 1.54) is 6.20 Å². The molecule has 2 aromatic carbocycles. The summed E-state index contributed by atoms with van der Waals surface area (Å²) >= 11 is 6.08. The molecule has 0 N–H and O–H groups in total. The van der Waals surface area contributed by atoms with E-state index < -0.39 is 17.9 Å². The van der Waals surface area contributed by atoms with E-state index in [1.54, 1.807) is 13.2 Å². The van der Waals surface area contributed by atoms with Crippen LogP contribution in [0.4, 0.5) is 13.2 Å². The van der Waals surface area contributed by atoms with Gasteiger partial charge in [-0.2, -0.15) is 18.2 Å². The zero-order chi connectivity index (χ0) is 30.2. The van der Waals surface area contributed by atoms with E-state index in [9.17, 15) is 13.2 Å². The number of fused-ring (bicyclic) bond motifs is 1. The van der Waals surface area contributed by atoms with Crippen molar-refractivity contribution in [3.05, 3.63) is 88.0 Å². The van der Waals surface area contributed by atoms with Crippen LogP contribution in [0.15, 0.2) is 59.3 Å². The number of methoxy groups -OCH3 is 1. The minimum absolute atomic E-state index is 0.153. The van der Waals surface area contributed by atoms with Crippen LogP contribution >= 0.6 is 11.6 Å². The molecule has 0 aliphatic carbocycles. The standard InChI is InChI=1S/C31H30ClF3N4O4/c1-30(22-6-8-23(32)9-7-22)41-26-5-3-4-24(27(26)42-30)19-10-13-39(14-11-19)18-25-20(12-15-40-2)16-21(17-36-25)28-37-29(43-38-28)31(33,34)35/h3-9,16-17,19H,10-15,18H2,1-2H3. The van der Waals surface area contributed by atoms with Gasteiger partial charge in [0.05, 0.1) is 12.3 Å². The molecule has 226 valence electrons. The van der Waals surface area contributed by atoms with Crippen molar-refractivity contribution in [2.75, 3.05) is 26.8 Å². The van der Waals surface area contributed by atoms with Crippen molar-refractivity contribution >= 4 is 11.6 Å². The average Bonchev–Trinajstić information content (AvgIpc) is 3.63. The van der Waals surface area contributed by atoms with Crippen LogP contribution in [-0.4, -0.2) is 46.8 Å². The van der Waals surface area contributed by atoms with Gasteiger partial charge in [0.2, 0.25) is 5.82 Å². The Bertz CT molecular complexity index is 1590. The van der Waals surface area contributed by atoms with Gasteiger partial charge in [-0.3, -0.25) is 9.88 Å². The summed E-state index contributed by atoms with van der Waals surface area (Å²) in [6.07, 6.45) is -0.824. The van der Waals surface area contributed by atoms with Crippen molar-refractivity contribution in [3.8, 4) is 22.9 Å². The van der Waals surface area contributed by atoms with Crippen LogP contribution in [0.3, 0.4) is 0 Å². The highest BCUT2D eigenvalue weighted by atomic mass is 35.5. The summed E-state index contributed by atoms with van der Waals surface area (Å²) in [6.45, 7) is 4.65. The summed E-state index contributed by atoms with van der Waals surface area (Å²) in [5.41, 5.74) is 4.09. The second-order valence-corrected chi connectivity index (χ2v) is 11.3. The van der Waals surface area contributed by atoms with E-state index in [1.807, 2.05) is 43.3 Å². The lowest BCUT2D eigenvalue weighted by atomic mass is 9.88. The van der Waals surface area contributed by atoms with Gasteiger partial charge in [0.25, 0.3) is 5.79 Å². The smallest absolute Gasteiger partial charge is 0.445 e. The van der Waals surface area contributed by atoms with Gasteiger partial charge in [0, 0.05) is 48.5 Å². The minimum atomic E-state index is -4.71. The molecule has 0 radical (unpaired) electrons. The van der Waals surface area contributed by atoms with Crippen LogP contribution in [0.1, 0.15) is 54.0 Å². The third-order valence-corrected chi connectivity index (χ3v) is 8.19. The van der Waals surface area contributed by atoms with Gasteiger partial charge < -0.3 is 18.7 Å². The number of halogens is 4. The predicted molar refractivity (Wildman–Crippen MR) is 152 cm³/mol. The molecule has 2 aliphatic rings. The van der Waals surface area contributed by atoms with Crippen molar-refractivity contribution < 1.29 is 31.9 Å². The molecule has 1 saturated heterocycles. The number of benzene rings is 2. The minimum Gasteiger partial charge on any atom is -0.445 e. The Hall–Kier alpha value is -3.67. The van der Waals surface area contributed by atoms with Crippen molar-refractivity contribution in [1.82, 2.24) is 20.0 Å². The van der Waals surface area contributed by atoms with Crippen molar-refractivity contribution in [2.45, 2.75) is 50.6 Å². The number of likely N-dealkylation sites (tertiary alicyclic amines) is 1. The van der Waals surface area contributed by atoms with E-state index in [2.05, 4.69) is 30.6 Å². The molecule has 12 heteroatoms. The molecule has 0 bridgehead atoms. The van der Waals surface area contributed by atoms with Gasteiger partial charge in [0.1, 0.15) is 0 Å². The maximum atomic E-state index is 13.0. The maximum Gasteiger partial charge on any atom is 0.471 e. The highest BCUT2D eigenvalue weighted by Crippen LogP contribution is 2.49. The van der Waals surface area contributed by atoms with Crippen molar-refractivity contribution in [1.29, 1.82) is 0 Å². The van der Waals surface area contributed by atoms with Crippen LogP contribution < -0.4 is 9.47 Å². The van der Waals surface area contributed by atoms with Crippen LogP contribution in [0, 0.1) is 0 Å². The molecule has 2 aliphatic heterocycles. The molecule has 1 atom stereocenters. The lowest BCUT2D eigenvalue weighted by molar-refractivity contribution is -0.159. The van der Waals surface area contributed by atoms with E-state index in [-0.39, 0.29) is 5.82 Å². The number of ether oxygens (including phenoxy) is 3. The first-order valence-electron chi connectivity index (χ1n) is 14.0. The van der Waals surface area contributed by atoms with Crippen LogP contribution in [0.2, 0.25) is 5.02 Å². The number of piperidine rings is 1. The number of pyridine rings is 1. The summed E-state index contributed by atoms with van der Waals surface area (Å²) in [7, 11) is 1.60. The second-order valence-electron chi connectivity index (χ2n) is 10.9. The van der Waals surface area contributed by atoms with Gasteiger partial charge in [-0.1, -0.05) is 28.9 Å². The van der Waals surface area contributed by atoms with Crippen LogP contribution in [0.5, 0.6) is 11.5 Å². The summed E-state index contributed by atoms with van der Waals surface area (Å²) in [6, 6.07) is 15.3. The Morgan fingerprint density at radius 3 is 2.56 bits per heavy atom. The molecule has 4 aromatic rings. The first kappa shape index (κ1) is 29.4. The molecule has 0 saturated carbocycles. The average molecular weight is 615 g/mol. The molecular weight excluding hydrogens is 585 g/mol. The summed E-state index contributed by atoms with van der Waals surface area (Å²) in [5, 5.41) is 4.15. The highest BCUT2D eigenvalue weighted by Gasteiger charge is 2.41. The lowest BCUT2D eigenvalue weighted by Crippen LogP contribution is -2.33. The quantitative estimate of drug-likeness (QED) is 0.209. The summed E-state index contributed by atoms with van der Waals surface area (Å²) < 4.78 is 61.3. The van der Waals surface area contributed by atoms with E-state index in [4.69, 9.17) is 25.8 Å². The number of hydrogen-bond acceptors (Lipinski definition) is 8. The molecule has 4 heterocycles. The molecule has 0 spiro atoms. The number of aromatic nitrogens is 3. The third kappa shape index (κ3) is 6.20. The van der Waals surface area contributed by atoms with Crippen molar-refractivity contribution in [2.24, 2.45) is 0 Å². The number of para-hydroxylation sites is 1. The molecule has 2 aromatic heterocycles. The second kappa shape index (κ2) is 11.8. The first-order chi connectivity index (χ1) is 20.6. The normalized spacial score (nSPS) is 19.2.